The molecule has 0 bridgehead atoms. The first-order chi connectivity index (χ1) is 14.0. The third-order valence-corrected chi connectivity index (χ3v) is 6.36. The Morgan fingerprint density at radius 1 is 1.28 bits per heavy atom. The molecule has 29 heavy (non-hydrogen) atoms. The van der Waals surface area contributed by atoms with Gasteiger partial charge in [-0.3, -0.25) is 9.78 Å². The molecule has 0 spiro atoms. The van der Waals surface area contributed by atoms with Crippen LogP contribution < -0.4 is 14.8 Å². The standard InChI is InChI=1S/C20H31N3O5S/c1-29(25,26)23-17-4-2-10-21-18(17)14-28-16-8-6-15(7-9-16)20-19(27-13-12-24)5-3-11-22-20/h3,5,11-12,15-18,21,23H,2,4,6-10,13-14H2,1H3/t15?,16?,17-,18-/m0/s1. The summed E-state index contributed by atoms with van der Waals surface area (Å²) >= 11 is 0. The van der Waals surface area contributed by atoms with E-state index in [4.69, 9.17) is 9.47 Å². The van der Waals surface area contributed by atoms with Crippen molar-refractivity contribution in [2.45, 2.75) is 62.6 Å². The number of hydrogen-bond donors (Lipinski definition) is 2. The molecule has 2 N–H and O–H groups in total. The maximum absolute atomic E-state index is 11.6. The monoisotopic (exact) mass is 425 g/mol. The van der Waals surface area contributed by atoms with E-state index in [9.17, 15) is 13.2 Å². The molecule has 3 rings (SSSR count). The molecule has 0 unspecified atom stereocenters. The number of pyridine rings is 1. The van der Waals surface area contributed by atoms with Gasteiger partial charge in [-0.1, -0.05) is 0 Å². The average Bonchev–Trinajstić information content (AvgIpc) is 2.71. The Kier molecular flexibility index (Phi) is 7.99. The Hall–Kier alpha value is -1.55. The molecule has 2 aliphatic rings. The van der Waals surface area contributed by atoms with E-state index in [-0.39, 0.29) is 24.8 Å². The Balaban J connectivity index is 1.49. The zero-order chi connectivity index (χ0) is 20.7. The highest BCUT2D eigenvalue weighted by atomic mass is 32.2. The van der Waals surface area contributed by atoms with Gasteiger partial charge in [-0.2, -0.15) is 0 Å². The van der Waals surface area contributed by atoms with Crippen molar-refractivity contribution in [3.63, 3.8) is 0 Å². The van der Waals surface area contributed by atoms with Crippen LogP contribution in [0.3, 0.4) is 0 Å². The van der Waals surface area contributed by atoms with Crippen molar-refractivity contribution < 1.29 is 22.7 Å². The van der Waals surface area contributed by atoms with Gasteiger partial charge >= 0.3 is 0 Å². The number of sulfonamides is 1. The molecule has 2 atom stereocenters. The summed E-state index contributed by atoms with van der Waals surface area (Å²) in [7, 11) is -3.23. The number of carbonyl (C=O) groups is 1. The highest BCUT2D eigenvalue weighted by molar-refractivity contribution is 7.88. The lowest BCUT2D eigenvalue weighted by Gasteiger charge is -2.35. The molecule has 1 aromatic rings. The average molecular weight is 426 g/mol. The Morgan fingerprint density at radius 3 is 2.79 bits per heavy atom. The van der Waals surface area contributed by atoms with Gasteiger partial charge in [0.25, 0.3) is 0 Å². The Morgan fingerprint density at radius 2 is 2.07 bits per heavy atom. The van der Waals surface area contributed by atoms with E-state index < -0.39 is 10.0 Å². The van der Waals surface area contributed by atoms with Gasteiger partial charge in [-0.05, 0) is 57.2 Å². The largest absolute Gasteiger partial charge is 0.484 e. The van der Waals surface area contributed by atoms with Crippen LogP contribution in [-0.2, 0) is 19.6 Å². The summed E-state index contributed by atoms with van der Waals surface area (Å²) in [5.74, 6) is 0.982. The summed E-state index contributed by atoms with van der Waals surface area (Å²) in [4.78, 5) is 15.1. The van der Waals surface area contributed by atoms with Gasteiger partial charge in [0.05, 0.1) is 24.7 Å². The molecule has 9 heteroatoms. The highest BCUT2D eigenvalue weighted by Crippen LogP contribution is 2.37. The fraction of sp³-hybridized carbons (Fsp3) is 0.700. The lowest BCUT2D eigenvalue weighted by molar-refractivity contribution is -0.109. The minimum Gasteiger partial charge on any atom is -0.484 e. The van der Waals surface area contributed by atoms with E-state index in [0.29, 0.717) is 18.3 Å². The van der Waals surface area contributed by atoms with Crippen LogP contribution in [0, 0.1) is 0 Å². The van der Waals surface area contributed by atoms with E-state index in [1.54, 1.807) is 6.20 Å². The number of nitrogens with zero attached hydrogens (tertiary/aromatic N) is 1. The molecule has 0 amide bonds. The smallest absolute Gasteiger partial charge is 0.209 e. The molecular formula is C20H31N3O5S. The Labute approximate surface area is 172 Å². The molecule has 1 saturated heterocycles. The van der Waals surface area contributed by atoms with Gasteiger partial charge in [0.1, 0.15) is 12.4 Å². The maximum Gasteiger partial charge on any atom is 0.209 e. The molecule has 8 nitrogen and oxygen atoms in total. The molecule has 1 aliphatic carbocycles. The summed E-state index contributed by atoms with van der Waals surface area (Å²) in [5.41, 5.74) is 0.916. The fourth-order valence-corrected chi connectivity index (χ4v) is 5.07. The quantitative estimate of drug-likeness (QED) is 0.576. The van der Waals surface area contributed by atoms with Crippen LogP contribution in [0.4, 0.5) is 0 Å². The topological polar surface area (TPSA) is 107 Å². The van der Waals surface area contributed by atoms with E-state index >= 15 is 0 Å². The number of carbonyl (C=O) groups excluding carboxylic acids is 1. The summed E-state index contributed by atoms with van der Waals surface area (Å²) in [6.45, 7) is 1.42. The summed E-state index contributed by atoms with van der Waals surface area (Å²) in [6, 6.07) is 3.55. The second-order valence-electron chi connectivity index (χ2n) is 7.87. The lowest BCUT2D eigenvalue weighted by atomic mass is 9.84. The van der Waals surface area contributed by atoms with Crippen LogP contribution in [-0.4, -0.2) is 63.9 Å². The maximum atomic E-state index is 11.6. The van der Waals surface area contributed by atoms with Gasteiger partial charge in [0.2, 0.25) is 10.0 Å². The van der Waals surface area contributed by atoms with Crippen LogP contribution in [0.15, 0.2) is 18.3 Å². The third-order valence-electron chi connectivity index (χ3n) is 5.63. The van der Waals surface area contributed by atoms with E-state index in [1.807, 2.05) is 12.1 Å². The summed E-state index contributed by atoms with van der Waals surface area (Å²) < 4.78 is 37.6. The number of rotatable bonds is 9. The van der Waals surface area contributed by atoms with Gasteiger partial charge in [-0.15, -0.1) is 0 Å². The molecule has 2 heterocycles. The predicted octanol–water partition coefficient (Wildman–Crippen LogP) is 1.37. The van der Waals surface area contributed by atoms with Crippen LogP contribution in [0.2, 0.25) is 0 Å². The normalized spacial score (nSPS) is 28.0. The number of nitrogens with one attached hydrogen (secondary N) is 2. The number of piperidine rings is 1. The highest BCUT2D eigenvalue weighted by Gasteiger charge is 2.30. The molecule has 0 radical (unpaired) electrons. The van der Waals surface area contributed by atoms with Crippen LogP contribution in [0.5, 0.6) is 5.75 Å². The molecule has 2 fully saturated rings. The second-order valence-corrected chi connectivity index (χ2v) is 9.65. The van der Waals surface area contributed by atoms with Crippen molar-refractivity contribution in [2.75, 3.05) is 26.0 Å². The van der Waals surface area contributed by atoms with Crippen molar-refractivity contribution in [3.05, 3.63) is 24.0 Å². The number of hydrogen-bond acceptors (Lipinski definition) is 7. The van der Waals surface area contributed by atoms with Crippen LogP contribution in [0.1, 0.15) is 50.1 Å². The van der Waals surface area contributed by atoms with E-state index in [2.05, 4.69) is 15.0 Å². The summed E-state index contributed by atoms with van der Waals surface area (Å²) in [5, 5.41) is 3.39. The molecule has 1 aromatic heterocycles. The number of aromatic nitrogens is 1. The van der Waals surface area contributed by atoms with Crippen molar-refractivity contribution >= 4 is 16.3 Å². The van der Waals surface area contributed by atoms with Crippen LogP contribution >= 0.6 is 0 Å². The van der Waals surface area contributed by atoms with Gasteiger partial charge in [0, 0.05) is 24.2 Å². The van der Waals surface area contributed by atoms with E-state index in [1.165, 1.54) is 6.26 Å². The van der Waals surface area contributed by atoms with Crippen LogP contribution in [0.25, 0.3) is 0 Å². The van der Waals surface area contributed by atoms with Gasteiger partial charge in [0.15, 0.2) is 6.29 Å². The molecule has 1 aliphatic heterocycles. The van der Waals surface area contributed by atoms with Gasteiger partial charge < -0.3 is 14.8 Å². The third kappa shape index (κ3) is 6.74. The van der Waals surface area contributed by atoms with Crippen molar-refractivity contribution in [2.24, 2.45) is 0 Å². The predicted molar refractivity (Wildman–Crippen MR) is 110 cm³/mol. The first-order valence-electron chi connectivity index (χ1n) is 10.3. The SMILES string of the molecule is CS(=O)(=O)N[C@H]1CCCN[C@H]1COC1CCC(c2ncccc2OCC=O)CC1. The van der Waals surface area contributed by atoms with E-state index in [0.717, 1.165) is 57.0 Å². The molecule has 0 aromatic carbocycles. The molecular weight excluding hydrogens is 394 g/mol. The molecule has 162 valence electrons. The minimum absolute atomic E-state index is 0.00432. The first-order valence-corrected chi connectivity index (χ1v) is 12.2. The lowest BCUT2D eigenvalue weighted by Crippen LogP contribution is -2.55. The first kappa shape index (κ1) is 22.1. The van der Waals surface area contributed by atoms with Crippen molar-refractivity contribution in [1.29, 1.82) is 0 Å². The molecule has 1 saturated carbocycles. The van der Waals surface area contributed by atoms with Gasteiger partial charge in [-0.25, -0.2) is 13.1 Å². The zero-order valence-corrected chi connectivity index (χ0v) is 17.7. The number of aldehydes is 1. The fourth-order valence-electron chi connectivity index (χ4n) is 4.24. The Bertz CT molecular complexity index is 765. The van der Waals surface area contributed by atoms with Crippen molar-refractivity contribution in [3.8, 4) is 5.75 Å². The summed E-state index contributed by atoms with van der Waals surface area (Å²) in [6.07, 6.45) is 9.38. The second kappa shape index (κ2) is 10.5. The zero-order valence-electron chi connectivity index (χ0n) is 16.9. The van der Waals surface area contributed by atoms with Crippen molar-refractivity contribution in [1.82, 2.24) is 15.0 Å². The minimum atomic E-state index is -3.23. The number of ether oxygens (including phenoxy) is 2.